The molecule has 8 heteroatoms. The molecule has 168 valence electrons. The van der Waals surface area contributed by atoms with Gasteiger partial charge in [0, 0.05) is 34.0 Å². The molecule has 1 amide bonds. The van der Waals surface area contributed by atoms with Crippen molar-refractivity contribution in [1.82, 2.24) is 30.2 Å². The van der Waals surface area contributed by atoms with Crippen LogP contribution in [0.1, 0.15) is 27.5 Å². The summed E-state index contributed by atoms with van der Waals surface area (Å²) < 4.78 is 0.805. The lowest BCUT2D eigenvalue weighted by atomic mass is 9.98. The lowest BCUT2D eigenvalue weighted by molar-refractivity contribution is 0.0945. The van der Waals surface area contributed by atoms with Crippen LogP contribution in [0.3, 0.4) is 0 Å². The third kappa shape index (κ3) is 3.03. The molecule has 2 aromatic carbocycles. The highest BCUT2D eigenvalue weighted by molar-refractivity contribution is 9.10. The summed E-state index contributed by atoms with van der Waals surface area (Å²) in [4.78, 5) is 33.4. The number of benzene rings is 2. The van der Waals surface area contributed by atoms with Crippen molar-refractivity contribution in [1.29, 1.82) is 0 Å². The van der Waals surface area contributed by atoms with Gasteiger partial charge in [-0.25, -0.2) is 9.97 Å². The molecular weight excluding hydrogens is 504 g/mol. The van der Waals surface area contributed by atoms with Gasteiger partial charge in [0.1, 0.15) is 11.5 Å². The molecule has 0 saturated carbocycles. The molecule has 1 atom stereocenters. The summed E-state index contributed by atoms with van der Waals surface area (Å²) >= 11 is 3.53. The Hall–Kier alpha value is -4.30. The number of carbonyl (C=O) groups is 1. The third-order valence-electron chi connectivity index (χ3n) is 6.53. The van der Waals surface area contributed by atoms with Gasteiger partial charge in [-0.05, 0) is 50.3 Å². The molecule has 0 saturated heterocycles. The number of hydrogen-bond donors (Lipinski definition) is 3. The van der Waals surface area contributed by atoms with Crippen molar-refractivity contribution >= 4 is 43.9 Å². The van der Waals surface area contributed by atoms with Crippen LogP contribution in [0.4, 0.5) is 0 Å². The van der Waals surface area contributed by atoms with Gasteiger partial charge < -0.3 is 15.3 Å². The number of aromatic amines is 2. The predicted molar refractivity (Wildman–Crippen MR) is 138 cm³/mol. The van der Waals surface area contributed by atoms with Crippen molar-refractivity contribution in [2.75, 3.05) is 0 Å². The Balaban J connectivity index is 1.36. The number of carbonyl (C=O) groups excluding carboxylic acids is 1. The molecule has 4 heterocycles. The zero-order valence-electron chi connectivity index (χ0n) is 18.2. The summed E-state index contributed by atoms with van der Waals surface area (Å²) in [5, 5.41) is 4.04. The van der Waals surface area contributed by atoms with Gasteiger partial charge in [0.25, 0.3) is 5.91 Å². The molecule has 6 aromatic rings. The molecule has 0 spiro atoms. The minimum Gasteiger partial charge on any atom is -0.345 e. The van der Waals surface area contributed by atoms with Crippen LogP contribution < -0.4 is 5.32 Å². The number of halogens is 1. The molecule has 1 aliphatic rings. The Morgan fingerprint density at radius 2 is 1.83 bits per heavy atom. The van der Waals surface area contributed by atoms with E-state index in [0.717, 1.165) is 54.5 Å². The maximum atomic E-state index is 13.6. The van der Waals surface area contributed by atoms with Crippen molar-refractivity contribution in [2.45, 2.75) is 6.04 Å². The molecule has 35 heavy (non-hydrogen) atoms. The van der Waals surface area contributed by atoms with Crippen LogP contribution in [0.5, 0.6) is 0 Å². The van der Waals surface area contributed by atoms with E-state index < -0.39 is 0 Å². The molecule has 0 radical (unpaired) electrons. The second-order valence-corrected chi connectivity index (χ2v) is 9.31. The summed E-state index contributed by atoms with van der Waals surface area (Å²) in [7, 11) is 0. The van der Waals surface area contributed by atoms with Crippen LogP contribution in [0, 0.1) is 0 Å². The number of hydrogen-bond acceptors (Lipinski definition) is 4. The van der Waals surface area contributed by atoms with E-state index in [4.69, 9.17) is 4.98 Å². The number of rotatable bonds is 3. The summed E-state index contributed by atoms with van der Waals surface area (Å²) in [5.41, 5.74) is 8.22. The fourth-order valence-corrected chi connectivity index (χ4v) is 5.52. The molecule has 7 nitrogen and oxygen atoms in total. The largest absolute Gasteiger partial charge is 0.345 e. The van der Waals surface area contributed by atoms with Gasteiger partial charge in [0.2, 0.25) is 0 Å². The Morgan fingerprint density at radius 1 is 0.971 bits per heavy atom. The van der Waals surface area contributed by atoms with Crippen LogP contribution in [-0.4, -0.2) is 30.8 Å². The minimum absolute atomic E-state index is 0.162. The zero-order valence-corrected chi connectivity index (χ0v) is 19.8. The van der Waals surface area contributed by atoms with Crippen LogP contribution in [0.2, 0.25) is 0 Å². The summed E-state index contributed by atoms with van der Waals surface area (Å²) in [6.07, 6.45) is 6.96. The Bertz CT molecular complexity index is 1750. The molecule has 0 aliphatic heterocycles. The number of pyridine rings is 2. The average molecular weight is 521 g/mol. The summed E-state index contributed by atoms with van der Waals surface area (Å²) in [6.45, 7) is 0. The van der Waals surface area contributed by atoms with E-state index in [9.17, 15) is 4.79 Å². The first-order valence-corrected chi connectivity index (χ1v) is 11.9. The Labute approximate surface area is 207 Å². The van der Waals surface area contributed by atoms with Crippen molar-refractivity contribution in [2.24, 2.45) is 0 Å². The predicted octanol–water partition coefficient (Wildman–Crippen LogP) is 5.76. The van der Waals surface area contributed by atoms with Gasteiger partial charge in [-0.1, -0.05) is 42.5 Å². The molecular formula is C27H17BrN6O. The molecule has 0 bridgehead atoms. The first kappa shape index (κ1) is 20.1. The Morgan fingerprint density at radius 3 is 2.74 bits per heavy atom. The summed E-state index contributed by atoms with van der Waals surface area (Å²) in [6, 6.07) is 17.7. The highest BCUT2D eigenvalue weighted by atomic mass is 79.9. The fourth-order valence-electron chi connectivity index (χ4n) is 5.01. The number of imidazole rings is 1. The molecule has 1 unspecified atom stereocenters. The standard InChI is InChI=1S/C27H17BrN6O/c28-19-12-31-26-23(19)18(8-11-30-26)27(35)34-24-15-5-2-1-4-14(15)22-16(24)6-3-7-17(22)25-32-20-9-10-29-13-21(20)33-25/h1-13,24H,(H,30,31)(H,32,33)(H,34,35). The number of H-pyrrole nitrogens is 2. The van der Waals surface area contributed by atoms with E-state index in [-0.39, 0.29) is 11.9 Å². The van der Waals surface area contributed by atoms with E-state index in [1.165, 1.54) is 0 Å². The molecule has 4 aromatic heterocycles. The maximum absolute atomic E-state index is 13.6. The number of aromatic nitrogens is 5. The van der Waals surface area contributed by atoms with Crippen molar-refractivity contribution < 1.29 is 4.79 Å². The van der Waals surface area contributed by atoms with Crippen LogP contribution in [0.15, 0.2) is 83.9 Å². The van der Waals surface area contributed by atoms with Crippen molar-refractivity contribution in [3.8, 4) is 22.5 Å². The number of nitrogens with one attached hydrogen (secondary N) is 3. The molecule has 1 aliphatic carbocycles. The zero-order chi connectivity index (χ0) is 23.5. The van der Waals surface area contributed by atoms with Gasteiger partial charge in [-0.15, -0.1) is 0 Å². The van der Waals surface area contributed by atoms with Gasteiger partial charge in [0.05, 0.1) is 28.8 Å². The normalized spacial score (nSPS) is 14.3. The lowest BCUT2D eigenvalue weighted by Crippen LogP contribution is -2.28. The van der Waals surface area contributed by atoms with Gasteiger partial charge in [-0.2, -0.15) is 0 Å². The Kier molecular flexibility index (Phi) is 4.37. The van der Waals surface area contributed by atoms with E-state index in [1.807, 2.05) is 24.3 Å². The van der Waals surface area contributed by atoms with Crippen LogP contribution in [0.25, 0.3) is 44.6 Å². The first-order valence-electron chi connectivity index (χ1n) is 11.1. The smallest absolute Gasteiger partial charge is 0.252 e. The maximum Gasteiger partial charge on any atom is 0.252 e. The minimum atomic E-state index is -0.291. The van der Waals surface area contributed by atoms with Crippen molar-refractivity contribution in [3.05, 3.63) is 101 Å². The molecule has 3 N–H and O–H groups in total. The van der Waals surface area contributed by atoms with Crippen molar-refractivity contribution in [3.63, 3.8) is 0 Å². The van der Waals surface area contributed by atoms with E-state index >= 15 is 0 Å². The quantitative estimate of drug-likeness (QED) is 0.276. The fraction of sp³-hybridized carbons (Fsp3) is 0.0370. The number of nitrogens with zero attached hydrogens (tertiary/aromatic N) is 3. The summed E-state index contributed by atoms with van der Waals surface area (Å²) in [5.74, 6) is 0.615. The van der Waals surface area contributed by atoms with Gasteiger partial charge in [-0.3, -0.25) is 9.78 Å². The molecule has 0 fully saturated rings. The van der Waals surface area contributed by atoms with Crippen LogP contribution >= 0.6 is 15.9 Å². The third-order valence-corrected chi connectivity index (χ3v) is 7.16. The second kappa shape index (κ2) is 7.61. The first-order chi connectivity index (χ1) is 17.2. The van der Waals surface area contributed by atoms with E-state index in [1.54, 1.807) is 30.9 Å². The van der Waals surface area contributed by atoms with Gasteiger partial charge in [0.15, 0.2) is 0 Å². The highest BCUT2D eigenvalue weighted by Crippen LogP contribution is 2.47. The van der Waals surface area contributed by atoms with E-state index in [2.05, 4.69) is 65.4 Å². The van der Waals surface area contributed by atoms with E-state index in [0.29, 0.717) is 11.2 Å². The number of fused-ring (bicyclic) bond motifs is 5. The average Bonchev–Trinajstić information content (AvgIpc) is 3.58. The SMILES string of the molecule is O=C(NC1c2ccccc2-c2c(-c3nc4ccncc4[nH]3)cccc21)c1ccnc2[nH]cc(Br)c12. The topological polar surface area (TPSA) is 99.3 Å². The number of amides is 1. The molecule has 7 rings (SSSR count). The van der Waals surface area contributed by atoms with Crippen LogP contribution in [-0.2, 0) is 0 Å². The van der Waals surface area contributed by atoms with Gasteiger partial charge >= 0.3 is 0 Å². The second-order valence-electron chi connectivity index (χ2n) is 8.46. The lowest BCUT2D eigenvalue weighted by Gasteiger charge is -2.17. The monoisotopic (exact) mass is 520 g/mol. The highest BCUT2D eigenvalue weighted by Gasteiger charge is 2.32.